The summed E-state index contributed by atoms with van der Waals surface area (Å²) in [6.45, 7) is 2.68. The predicted molar refractivity (Wildman–Crippen MR) is 396 cm³/mol. The zero-order valence-corrected chi connectivity index (χ0v) is 60.3. The molecule has 2 aliphatic heterocycles. The van der Waals surface area contributed by atoms with Crippen molar-refractivity contribution in [2.75, 3.05) is 19.8 Å². The first-order valence-corrected chi connectivity index (χ1v) is 38.8. The molecule has 2 fully saturated rings. The third kappa shape index (κ3) is 47.4. The number of amides is 1. The van der Waals surface area contributed by atoms with Gasteiger partial charge in [-0.2, -0.15) is 0 Å². The average Bonchev–Trinajstić information content (AvgIpc) is 0.812. The van der Waals surface area contributed by atoms with Crippen LogP contribution in [0.15, 0.2) is 122 Å². The molecule has 0 radical (unpaired) electrons. The van der Waals surface area contributed by atoms with Gasteiger partial charge < -0.3 is 65.1 Å². The molecule has 552 valence electrons. The second kappa shape index (κ2) is 64.7. The number of aliphatic hydroxyl groups excluding tert-OH is 8. The first-order chi connectivity index (χ1) is 47.1. The van der Waals surface area contributed by atoms with Crippen LogP contribution in [0.2, 0.25) is 0 Å². The van der Waals surface area contributed by atoms with Crippen LogP contribution in [0.4, 0.5) is 0 Å². The first-order valence-electron chi connectivity index (χ1n) is 38.8. The molecule has 0 aromatic carbocycles. The summed E-state index contributed by atoms with van der Waals surface area (Å²) in [5.74, 6) is -0.259. The van der Waals surface area contributed by atoms with Gasteiger partial charge in [-0.25, -0.2) is 0 Å². The van der Waals surface area contributed by atoms with Gasteiger partial charge in [0.25, 0.3) is 0 Å². The molecule has 2 aliphatic rings. The van der Waals surface area contributed by atoms with Crippen molar-refractivity contribution < 1.29 is 64.6 Å². The van der Waals surface area contributed by atoms with E-state index < -0.39 is 86.8 Å². The first kappa shape index (κ1) is 88.5. The molecular weight excluding hydrogens is 1210 g/mol. The lowest BCUT2D eigenvalue weighted by atomic mass is 9.97. The molecule has 12 unspecified atom stereocenters. The number of nitrogens with one attached hydrogen (secondary N) is 1. The molecule has 2 saturated heterocycles. The number of hydrogen-bond donors (Lipinski definition) is 9. The van der Waals surface area contributed by atoms with Crippen molar-refractivity contribution in [2.45, 2.75) is 370 Å². The maximum absolute atomic E-state index is 13.4. The maximum atomic E-state index is 13.4. The van der Waals surface area contributed by atoms with Crippen LogP contribution >= 0.6 is 0 Å². The lowest BCUT2D eigenvalue weighted by molar-refractivity contribution is -0.359. The van der Waals surface area contributed by atoms with Gasteiger partial charge in [-0.1, -0.05) is 309 Å². The third-order valence-corrected chi connectivity index (χ3v) is 18.1. The third-order valence-electron chi connectivity index (χ3n) is 18.1. The Morgan fingerprint density at radius 3 is 1.15 bits per heavy atom. The average molecular weight is 1350 g/mol. The molecule has 2 rings (SSSR count). The van der Waals surface area contributed by atoms with Crippen LogP contribution in [0.25, 0.3) is 0 Å². The Kier molecular flexibility index (Phi) is 59.7. The summed E-state index contributed by atoms with van der Waals surface area (Å²) in [5, 5.41) is 87.6. The van der Waals surface area contributed by atoms with Crippen LogP contribution in [0.3, 0.4) is 0 Å². The van der Waals surface area contributed by atoms with Crippen molar-refractivity contribution in [1.29, 1.82) is 0 Å². The van der Waals surface area contributed by atoms with E-state index in [-0.39, 0.29) is 18.9 Å². The highest BCUT2D eigenvalue weighted by atomic mass is 16.7. The molecule has 1 amide bonds. The summed E-state index contributed by atoms with van der Waals surface area (Å²) < 4.78 is 22.9. The zero-order chi connectivity index (χ0) is 69.4. The molecule has 2 heterocycles. The number of allylic oxidation sites excluding steroid dienone is 19. The molecule has 0 aromatic heterocycles. The van der Waals surface area contributed by atoms with Crippen LogP contribution in [-0.2, 0) is 23.7 Å². The number of carbonyl (C=O) groups excluding carboxylic acids is 1. The van der Waals surface area contributed by atoms with Gasteiger partial charge in [-0.3, -0.25) is 4.79 Å². The minimum absolute atomic E-state index is 0.259. The van der Waals surface area contributed by atoms with Crippen LogP contribution in [0.5, 0.6) is 0 Å². The molecule has 96 heavy (non-hydrogen) atoms. The van der Waals surface area contributed by atoms with E-state index in [0.29, 0.717) is 12.8 Å². The highest BCUT2D eigenvalue weighted by molar-refractivity contribution is 5.76. The maximum Gasteiger partial charge on any atom is 0.220 e. The number of hydrogen-bond acceptors (Lipinski definition) is 13. The monoisotopic (exact) mass is 1350 g/mol. The number of carbonyl (C=O) groups is 1. The van der Waals surface area contributed by atoms with Crippen molar-refractivity contribution in [1.82, 2.24) is 5.32 Å². The van der Waals surface area contributed by atoms with Gasteiger partial charge in [0.15, 0.2) is 12.6 Å². The summed E-state index contributed by atoms with van der Waals surface area (Å²) in [5.41, 5.74) is 0. The molecule has 0 saturated carbocycles. The van der Waals surface area contributed by atoms with Gasteiger partial charge >= 0.3 is 0 Å². The molecule has 0 aromatic rings. The van der Waals surface area contributed by atoms with E-state index in [1.165, 1.54) is 167 Å². The lowest BCUT2D eigenvalue weighted by Gasteiger charge is -2.46. The largest absolute Gasteiger partial charge is 0.394 e. The van der Waals surface area contributed by atoms with E-state index in [2.05, 4.69) is 129 Å². The Bertz CT molecular complexity index is 2080. The topological polar surface area (TPSA) is 228 Å². The minimum Gasteiger partial charge on any atom is -0.394 e. The number of ether oxygens (including phenoxy) is 4. The fourth-order valence-electron chi connectivity index (χ4n) is 12.0. The zero-order valence-electron chi connectivity index (χ0n) is 60.3. The molecule has 0 spiro atoms. The van der Waals surface area contributed by atoms with Gasteiger partial charge in [-0.15, -0.1) is 0 Å². The Labute approximate surface area is 584 Å². The van der Waals surface area contributed by atoms with E-state index in [1.54, 1.807) is 6.08 Å². The van der Waals surface area contributed by atoms with E-state index in [0.717, 1.165) is 96.3 Å². The Morgan fingerprint density at radius 2 is 0.729 bits per heavy atom. The van der Waals surface area contributed by atoms with Crippen molar-refractivity contribution >= 4 is 5.91 Å². The van der Waals surface area contributed by atoms with Crippen LogP contribution in [0, 0.1) is 0 Å². The van der Waals surface area contributed by atoms with Crippen molar-refractivity contribution in [3.05, 3.63) is 122 Å². The molecule has 14 heteroatoms. The van der Waals surface area contributed by atoms with E-state index in [4.69, 9.17) is 18.9 Å². The highest BCUT2D eigenvalue weighted by Crippen LogP contribution is 2.30. The molecule has 9 N–H and O–H groups in total. The minimum atomic E-state index is -1.80. The standard InChI is InChI=1S/C82H141NO13/c1-3-5-7-9-11-13-15-17-19-21-23-25-27-29-31-33-34-35-36-38-40-42-44-46-48-50-52-54-56-58-60-62-64-66-74(87)83-70(69-93-81-79(92)77(90)80(73(68-85)95-81)96-82-78(91)76(89)75(88)72(67-84)94-82)71(86)65-63-61-59-57-55-53-51-49-47-45-43-41-39-37-32-30-28-26-24-22-20-18-16-14-12-10-8-6-4-2/h5,7,11,13,17,19,23,25,29,31,34-35,38,40,47,49,55,57,63,65,70-73,75-82,84-86,88-92H,3-4,6,8-10,12,14-16,18,20-22,24,26-28,30,32-33,36-37,39,41-46,48,50-54,56,58-62,64,66-69H2,1-2H3,(H,83,87)/b7-5-,13-11-,19-17-,25-23-,31-29-,35-34-,40-38-,49-47+,57-55+,65-63+. The number of unbranched alkanes of at least 4 members (excludes halogenated alkanes) is 32. The molecule has 12 atom stereocenters. The molecule has 0 aliphatic carbocycles. The van der Waals surface area contributed by atoms with E-state index in [1.807, 2.05) is 6.08 Å². The van der Waals surface area contributed by atoms with Gasteiger partial charge in [0, 0.05) is 6.42 Å². The summed E-state index contributed by atoms with van der Waals surface area (Å²) >= 11 is 0. The number of aliphatic hydroxyl groups is 8. The summed E-state index contributed by atoms with van der Waals surface area (Å²) in [6.07, 6.45) is 78.4. The molecule has 0 bridgehead atoms. The normalized spacial score (nSPS) is 22.9. The van der Waals surface area contributed by atoms with Crippen molar-refractivity contribution in [3.63, 3.8) is 0 Å². The summed E-state index contributed by atoms with van der Waals surface area (Å²) in [4.78, 5) is 13.4. The number of rotatable bonds is 63. The lowest BCUT2D eigenvalue weighted by Crippen LogP contribution is -2.65. The van der Waals surface area contributed by atoms with Crippen molar-refractivity contribution in [2.24, 2.45) is 0 Å². The smallest absolute Gasteiger partial charge is 0.220 e. The second-order valence-corrected chi connectivity index (χ2v) is 26.7. The van der Waals surface area contributed by atoms with E-state index in [9.17, 15) is 45.6 Å². The van der Waals surface area contributed by atoms with Crippen LogP contribution in [0.1, 0.15) is 296 Å². The van der Waals surface area contributed by atoms with Gasteiger partial charge in [-0.05, 0) is 103 Å². The van der Waals surface area contributed by atoms with Crippen LogP contribution < -0.4 is 5.32 Å². The second-order valence-electron chi connectivity index (χ2n) is 26.7. The molecule has 14 nitrogen and oxygen atoms in total. The van der Waals surface area contributed by atoms with E-state index >= 15 is 0 Å². The fraction of sp³-hybridized carbons (Fsp3) is 0.744. The Morgan fingerprint density at radius 1 is 0.385 bits per heavy atom. The fourth-order valence-corrected chi connectivity index (χ4v) is 12.0. The van der Waals surface area contributed by atoms with Gasteiger partial charge in [0.2, 0.25) is 5.91 Å². The van der Waals surface area contributed by atoms with Crippen molar-refractivity contribution in [3.8, 4) is 0 Å². The summed E-state index contributed by atoms with van der Waals surface area (Å²) in [7, 11) is 0. The Balaban J connectivity index is 1.67. The SMILES string of the molecule is CC/C=C\C/C=C\C/C=C\C/C=C\C/C=C\C/C=C\C/C=C\CCCCCCCCCCCCCC(=O)NC(COC1OC(CO)C(OC2OC(CO)C(O)C(O)C2O)C(O)C1O)C(O)/C=C/CC/C=C/CC/C=C/CCCCCCCCCCCCCCCCCCCCC. The summed E-state index contributed by atoms with van der Waals surface area (Å²) in [6, 6.07) is -0.950. The quantitative estimate of drug-likeness (QED) is 0.0204. The van der Waals surface area contributed by atoms with Gasteiger partial charge in [0.1, 0.15) is 48.8 Å². The highest BCUT2D eigenvalue weighted by Gasteiger charge is 2.51. The Hall–Kier alpha value is -3.61. The van der Waals surface area contributed by atoms with Gasteiger partial charge in [0.05, 0.1) is 32.0 Å². The van der Waals surface area contributed by atoms with Crippen LogP contribution in [-0.4, -0.2) is 140 Å². The predicted octanol–water partition coefficient (Wildman–Crippen LogP) is 17.2. The molecular formula is C82H141NO13.